The van der Waals surface area contributed by atoms with Crippen LogP contribution < -0.4 is 9.14 Å². The maximum atomic E-state index is 6.59. The number of ether oxygens (including phenoxy) is 1. The number of hydrogen-bond donors (Lipinski definition) is 0. The molecule has 11 rings (SSSR count). The van der Waals surface area contributed by atoms with Crippen LogP contribution in [-0.4, -0.2) is 23.5 Å². The second kappa shape index (κ2) is 12.4. The van der Waals surface area contributed by atoms with Gasteiger partial charge in [-0.05, 0) is 63.5 Å². The van der Waals surface area contributed by atoms with Gasteiger partial charge in [-0.1, -0.05) is 98.7 Å². The van der Waals surface area contributed by atoms with E-state index in [-0.39, 0.29) is 26.5 Å². The molecule has 0 aliphatic rings. The molecule has 7 nitrogen and oxygen atoms in total. The van der Waals surface area contributed by atoms with Crippen LogP contribution in [0, 0.1) is 18.5 Å². The van der Waals surface area contributed by atoms with Crippen molar-refractivity contribution in [3.63, 3.8) is 0 Å². The Morgan fingerprint density at radius 1 is 0.636 bits per heavy atom. The summed E-state index contributed by atoms with van der Waals surface area (Å²) in [5, 5.41) is 4.42. The molecule has 0 aliphatic heterocycles. The number of hydrogen-bond acceptors (Lipinski definition) is 3. The summed E-state index contributed by atoms with van der Waals surface area (Å²) in [6.45, 7) is 6.66. The largest absolute Gasteiger partial charge is 0.510 e. The summed E-state index contributed by atoms with van der Waals surface area (Å²) < 4.78 is 15.1. The first-order chi connectivity index (χ1) is 26.4. The molecule has 6 aromatic carbocycles. The van der Waals surface area contributed by atoms with Gasteiger partial charge in [0.05, 0.1) is 11.0 Å². The van der Waals surface area contributed by atoms with Crippen LogP contribution in [-0.2, 0) is 26.5 Å². The normalized spacial score (nSPS) is 12.1. The molecule has 268 valence electrons. The smallest absolute Gasteiger partial charge is 0.299 e. The third kappa shape index (κ3) is 5.10. The fourth-order valence-corrected chi connectivity index (χ4v) is 7.92. The average Bonchev–Trinajstić information content (AvgIpc) is 3.80. The van der Waals surface area contributed by atoms with Crippen molar-refractivity contribution in [1.82, 2.24) is 23.5 Å². The van der Waals surface area contributed by atoms with Crippen molar-refractivity contribution >= 4 is 65.9 Å². The Bertz CT molecular complexity index is 3310. The second-order valence-corrected chi connectivity index (χ2v) is 14.8. The van der Waals surface area contributed by atoms with E-state index < -0.39 is 0 Å². The second-order valence-electron chi connectivity index (χ2n) is 14.8. The molecule has 0 aliphatic carbocycles. The molecule has 0 amide bonds. The Morgan fingerprint density at radius 2 is 1.33 bits per heavy atom. The molecule has 0 saturated heterocycles. The van der Waals surface area contributed by atoms with Crippen LogP contribution in [0.15, 0.2) is 140 Å². The first kappa shape index (κ1) is 33.3. The van der Waals surface area contributed by atoms with E-state index in [9.17, 15) is 0 Å². The third-order valence-electron chi connectivity index (χ3n) is 10.5. The Kier molecular flexibility index (Phi) is 7.49. The predicted molar refractivity (Wildman–Crippen MR) is 214 cm³/mol. The van der Waals surface area contributed by atoms with Crippen LogP contribution in [0.5, 0.6) is 11.5 Å². The predicted octanol–water partition coefficient (Wildman–Crippen LogP) is 10.3. The molecular formula is C47H32N6OPt-2. The molecule has 0 radical (unpaired) electrons. The zero-order valence-corrected chi connectivity index (χ0v) is 32.5. The summed E-state index contributed by atoms with van der Waals surface area (Å²) in [5.74, 6) is 2.79. The van der Waals surface area contributed by atoms with E-state index in [0.717, 1.165) is 77.4 Å². The van der Waals surface area contributed by atoms with Crippen LogP contribution in [0.25, 0.3) is 77.4 Å². The fourth-order valence-electron chi connectivity index (χ4n) is 7.92. The van der Waals surface area contributed by atoms with Crippen molar-refractivity contribution in [3.05, 3.63) is 164 Å². The van der Waals surface area contributed by atoms with Crippen LogP contribution in [0.2, 0.25) is 0 Å². The molecule has 8 heteroatoms. The molecule has 55 heavy (non-hydrogen) atoms. The SMILES string of the molecule is CC(C)(C)c1ccnc(-n2c3[c-]c(Oc4[c-]c(-n5[c-][n+]6c7c(cccc7n7c8ccccc8nc76)c6ccccc65)ccc4)ccc3c3ccccc32)c1.[Pt]. The zero-order chi connectivity index (χ0) is 36.1. The zero-order valence-electron chi connectivity index (χ0n) is 30.2. The van der Waals surface area contributed by atoms with Gasteiger partial charge in [-0.25, -0.2) is 9.38 Å². The van der Waals surface area contributed by atoms with E-state index in [1.165, 1.54) is 5.56 Å². The number of pyridine rings is 1. The van der Waals surface area contributed by atoms with Crippen molar-refractivity contribution in [2.24, 2.45) is 0 Å². The topological polar surface area (TPSA) is 53.4 Å². The molecule has 0 unspecified atom stereocenters. The van der Waals surface area contributed by atoms with Gasteiger partial charge in [0.1, 0.15) is 16.9 Å². The number of imidazole rings is 2. The molecular weight excluding hydrogens is 860 g/mol. The van der Waals surface area contributed by atoms with E-state index in [2.05, 4.69) is 160 Å². The van der Waals surface area contributed by atoms with Crippen LogP contribution in [0.4, 0.5) is 0 Å². The number of nitrogens with zero attached hydrogens (tertiary/aromatic N) is 6. The van der Waals surface area contributed by atoms with Crippen molar-refractivity contribution in [2.45, 2.75) is 26.2 Å². The molecule has 5 aromatic heterocycles. The van der Waals surface area contributed by atoms with E-state index >= 15 is 0 Å². The average molecular weight is 892 g/mol. The number of aromatic nitrogens is 6. The summed E-state index contributed by atoms with van der Waals surface area (Å²) >= 11 is 0. The van der Waals surface area contributed by atoms with E-state index in [1.807, 2.05) is 36.5 Å². The summed E-state index contributed by atoms with van der Waals surface area (Å²) in [4.78, 5) is 9.91. The van der Waals surface area contributed by atoms with Crippen molar-refractivity contribution in [3.8, 4) is 23.0 Å². The number of fused-ring (bicyclic) bond motifs is 10. The summed E-state index contributed by atoms with van der Waals surface area (Å²) in [7, 11) is 0. The van der Waals surface area contributed by atoms with Crippen LogP contribution >= 0.6 is 0 Å². The Morgan fingerprint density at radius 3 is 2.16 bits per heavy atom. The maximum Gasteiger partial charge on any atom is 0.299 e. The number of para-hydroxylation sites is 5. The minimum atomic E-state index is -0.0210. The molecule has 0 N–H and O–H groups in total. The minimum Gasteiger partial charge on any atom is -0.510 e. The Balaban J connectivity index is 0.00000372. The van der Waals surface area contributed by atoms with Gasteiger partial charge < -0.3 is 13.9 Å². The maximum absolute atomic E-state index is 6.59. The minimum absolute atomic E-state index is 0. The van der Waals surface area contributed by atoms with Gasteiger partial charge in [0.2, 0.25) is 0 Å². The molecule has 0 bridgehead atoms. The Labute approximate surface area is 330 Å². The van der Waals surface area contributed by atoms with Gasteiger partial charge in [-0.15, -0.1) is 34.6 Å². The van der Waals surface area contributed by atoms with Crippen molar-refractivity contribution in [1.29, 1.82) is 0 Å². The number of rotatable bonds is 4. The third-order valence-corrected chi connectivity index (χ3v) is 10.5. The molecule has 5 heterocycles. The quantitative estimate of drug-likeness (QED) is 0.131. The molecule has 0 saturated carbocycles. The van der Waals surface area contributed by atoms with Crippen LogP contribution in [0.1, 0.15) is 26.3 Å². The monoisotopic (exact) mass is 891 g/mol. The molecule has 0 fully saturated rings. The standard InChI is InChI=1S/C47H32N6O.Pt/c1-47(2,3)30-24-25-48-44(26-30)52-40-19-8-5-14-34(40)36-23-22-33(28-43(36)52)54-32-13-10-12-31(27-32)50-29-51-45-37(35-15-4-7-18-39(35)50)16-11-21-42(45)53-41-20-9-6-17-38(41)49-46(51)53;/h4-26H,1-3H3;/q-2;. The first-order valence-corrected chi connectivity index (χ1v) is 18.1. The van der Waals surface area contributed by atoms with Crippen molar-refractivity contribution in [2.75, 3.05) is 0 Å². The van der Waals surface area contributed by atoms with E-state index in [0.29, 0.717) is 11.5 Å². The van der Waals surface area contributed by atoms with E-state index in [4.69, 9.17) is 14.7 Å². The Hall–Kier alpha value is -6.30. The van der Waals surface area contributed by atoms with Gasteiger partial charge in [0.25, 0.3) is 5.78 Å². The van der Waals surface area contributed by atoms with Gasteiger partial charge in [-0.2, -0.15) is 18.2 Å². The number of benzene rings is 6. The fraction of sp³-hybridized carbons (Fsp3) is 0.0851. The van der Waals surface area contributed by atoms with Gasteiger partial charge >= 0.3 is 0 Å². The van der Waals surface area contributed by atoms with Crippen LogP contribution in [0.3, 0.4) is 0 Å². The summed E-state index contributed by atoms with van der Waals surface area (Å²) in [6, 6.07) is 53.0. The summed E-state index contributed by atoms with van der Waals surface area (Å²) in [5.41, 5.74) is 9.04. The van der Waals surface area contributed by atoms with Gasteiger partial charge in [0, 0.05) is 49.8 Å². The van der Waals surface area contributed by atoms with Crippen molar-refractivity contribution < 1.29 is 30.2 Å². The summed E-state index contributed by atoms with van der Waals surface area (Å²) in [6.07, 6.45) is 5.61. The molecule has 0 atom stereocenters. The molecule has 0 spiro atoms. The first-order valence-electron chi connectivity index (χ1n) is 18.1. The molecule has 11 aromatic rings. The van der Waals surface area contributed by atoms with Gasteiger partial charge in [-0.3, -0.25) is 4.40 Å². The van der Waals surface area contributed by atoms with E-state index in [1.54, 1.807) is 0 Å². The van der Waals surface area contributed by atoms with Gasteiger partial charge in [0.15, 0.2) is 6.33 Å².